The minimum atomic E-state index is -3.23. The molecule has 18 heteroatoms. The van der Waals surface area contributed by atoms with Crippen molar-refractivity contribution in [3.8, 4) is 0 Å². The van der Waals surface area contributed by atoms with Crippen LogP contribution in [-0.2, 0) is 75.9 Å². The number of unbranched alkanes of at least 4 members (excludes halogenated alkanes) is 2. The van der Waals surface area contributed by atoms with Crippen molar-refractivity contribution < 1.29 is 61.3 Å². The van der Waals surface area contributed by atoms with E-state index in [-0.39, 0.29) is 43.3 Å². The van der Waals surface area contributed by atoms with Gasteiger partial charge in [-0.2, -0.15) is 0 Å². The second kappa shape index (κ2) is 36.1. The molecule has 4 aliphatic heterocycles. The Morgan fingerprint density at radius 2 is 0.779 bits per heavy atom. The smallest absolute Gasteiger partial charge is 0.261 e. The third-order valence-electron chi connectivity index (χ3n) is 22.3. The van der Waals surface area contributed by atoms with E-state index in [1.54, 1.807) is 0 Å². The highest BCUT2D eigenvalue weighted by Crippen LogP contribution is 2.45. The standard InChI is InChI=1S/C86H113N3O13Si2/c1-58-59(2)81(91-53-37-21-28-40-65-38-22-14-23-39-65)98-72(56-94-103(85(8,9)10,68-45-29-17-30-46-68)69-47-31-18-32-48-69)76(58)100-83-62(5)79(93-55-67-43-26-16-27-44-67)80(64(7)97-83)102-84-74(88-89-87)60(3)77(101-82-61(4)78(75(90)63(6)96-82)92-54-66-41-24-15-25-42-66)73(99-84)57-95-104(86(11,12)13,70-49-33-19-34-50-70)71-51-35-20-36-52-71/h14-20,22-27,29-36,38-39,41-52,58-64,72-84,90H,21,28,37,40,53-57H2,1-13H3/t58-,59?,60-,61?,62?,63?,64?,72?,73?,74?,75-,76+,77+,78+,79+,80-,81-,82+,83+,84-/m1/s1. The number of benzene rings is 7. The molecule has 104 heavy (non-hydrogen) atoms. The van der Waals surface area contributed by atoms with Crippen LogP contribution in [0.5, 0.6) is 0 Å². The van der Waals surface area contributed by atoms with Crippen molar-refractivity contribution in [2.24, 2.45) is 34.7 Å². The Kier molecular flexibility index (Phi) is 27.4. The molecule has 4 saturated heterocycles. The monoisotopic (exact) mass is 1450 g/mol. The number of hydrogen-bond acceptors (Lipinski definition) is 14. The van der Waals surface area contributed by atoms with Crippen LogP contribution in [0.1, 0.15) is 126 Å². The summed E-state index contributed by atoms with van der Waals surface area (Å²) in [7, 11) is -6.33. The molecule has 16 nitrogen and oxygen atoms in total. The van der Waals surface area contributed by atoms with E-state index >= 15 is 0 Å². The molecular weight excluding hydrogens is 1340 g/mol. The van der Waals surface area contributed by atoms with Gasteiger partial charge in [0.25, 0.3) is 16.6 Å². The Hall–Kier alpha value is -6.24. The van der Waals surface area contributed by atoms with Gasteiger partial charge in [-0.15, -0.1) is 0 Å². The van der Waals surface area contributed by atoms with Gasteiger partial charge in [0.15, 0.2) is 25.2 Å². The van der Waals surface area contributed by atoms with Gasteiger partial charge in [-0.1, -0.05) is 300 Å². The number of rotatable bonds is 30. The molecule has 0 radical (unpaired) electrons. The normalized spacial score (nSPS) is 29.9. The summed E-state index contributed by atoms with van der Waals surface area (Å²) in [5, 5.41) is 20.1. The Morgan fingerprint density at radius 1 is 0.394 bits per heavy atom. The van der Waals surface area contributed by atoms with Crippen LogP contribution in [0.3, 0.4) is 0 Å². The van der Waals surface area contributed by atoms with Crippen molar-refractivity contribution in [1.29, 1.82) is 0 Å². The fourth-order valence-corrected chi connectivity index (χ4v) is 25.4. The van der Waals surface area contributed by atoms with Gasteiger partial charge in [-0.05, 0) is 98.0 Å². The summed E-state index contributed by atoms with van der Waals surface area (Å²) >= 11 is 0. The van der Waals surface area contributed by atoms with Crippen LogP contribution in [0, 0.1) is 29.6 Å². The lowest BCUT2D eigenvalue weighted by Gasteiger charge is -2.52. The van der Waals surface area contributed by atoms with Crippen LogP contribution in [-0.4, -0.2) is 134 Å². The number of azide groups is 1. The van der Waals surface area contributed by atoms with E-state index in [0.29, 0.717) is 6.61 Å². The van der Waals surface area contributed by atoms with Crippen molar-refractivity contribution in [3.63, 3.8) is 0 Å². The second-order valence-electron chi connectivity index (χ2n) is 31.4. The van der Waals surface area contributed by atoms with Gasteiger partial charge in [-0.25, -0.2) is 0 Å². The van der Waals surface area contributed by atoms with Gasteiger partial charge < -0.3 is 61.3 Å². The van der Waals surface area contributed by atoms with Crippen LogP contribution in [0.2, 0.25) is 10.1 Å². The van der Waals surface area contributed by atoms with E-state index in [9.17, 15) is 10.6 Å². The molecule has 558 valence electrons. The highest BCUT2D eigenvalue weighted by molar-refractivity contribution is 7.00. The lowest BCUT2D eigenvalue weighted by molar-refractivity contribution is -0.363. The van der Waals surface area contributed by atoms with Crippen molar-refractivity contribution in [3.05, 3.63) is 239 Å². The molecule has 8 unspecified atom stereocenters. The molecule has 4 aliphatic rings. The Morgan fingerprint density at radius 3 is 1.22 bits per heavy atom. The second-order valence-corrected chi connectivity index (χ2v) is 40.0. The molecule has 0 saturated carbocycles. The first kappa shape index (κ1) is 78.8. The number of ether oxygens (including phenoxy) is 10. The molecular formula is C86H113N3O13Si2. The Labute approximate surface area is 620 Å². The molecule has 7 aromatic rings. The van der Waals surface area contributed by atoms with Gasteiger partial charge in [0.2, 0.25) is 0 Å². The summed E-state index contributed by atoms with van der Waals surface area (Å²) in [5.74, 6) is -1.66. The molecule has 0 aliphatic carbocycles. The zero-order valence-electron chi connectivity index (χ0n) is 63.3. The SMILES string of the molecule is CC1[C@H](OCCCCCc2ccccc2)OC(CO[Si](c2ccccc2)(c2ccccc2)C(C)(C)C)[C@@H](O[C@@H]2OC(C)[C@@H](O[C@H]3OC(CO[Si](c4ccccc4)(c4ccccc4)C(C)(C)C)[C@@H](O[C@@H]4OC(C)[C@@H](O)[C@@H](OCc5ccccc5)C4C)[C@H](C)C3N=[N+]=[N-])[C@@H](OCc3ccccc3)C2C)[C@@H]1C. The van der Waals surface area contributed by atoms with Crippen molar-refractivity contribution in [2.75, 3.05) is 19.8 Å². The third kappa shape index (κ3) is 18.1. The average Bonchev–Trinajstić information content (AvgIpc) is 0.756. The van der Waals surface area contributed by atoms with Crippen LogP contribution in [0.15, 0.2) is 217 Å². The molecule has 0 spiro atoms. The molecule has 4 fully saturated rings. The zero-order valence-corrected chi connectivity index (χ0v) is 65.3. The predicted octanol–water partition coefficient (Wildman–Crippen LogP) is 15.1. The minimum Gasteiger partial charge on any atom is -0.405 e. The first-order valence-corrected chi connectivity index (χ1v) is 41.7. The summed E-state index contributed by atoms with van der Waals surface area (Å²) < 4.78 is 87.2. The van der Waals surface area contributed by atoms with Crippen molar-refractivity contribution in [2.45, 2.75) is 231 Å². The highest BCUT2D eigenvalue weighted by atomic mass is 28.4. The minimum absolute atomic E-state index is 0.0526. The Bertz CT molecular complexity index is 3650. The Balaban J connectivity index is 0.911. The lowest BCUT2D eigenvalue weighted by Crippen LogP contribution is -2.68. The first-order valence-electron chi connectivity index (χ1n) is 37.9. The largest absolute Gasteiger partial charge is 0.405 e. The van der Waals surface area contributed by atoms with E-state index in [0.717, 1.165) is 47.2 Å². The van der Waals surface area contributed by atoms with Gasteiger partial charge in [0.05, 0.1) is 69.1 Å². The van der Waals surface area contributed by atoms with E-state index in [4.69, 9.17) is 56.2 Å². The summed E-state index contributed by atoms with van der Waals surface area (Å²) in [6.45, 7) is 29.3. The van der Waals surface area contributed by atoms with Gasteiger partial charge in [0, 0.05) is 29.3 Å². The topological polar surface area (TPSA) is 180 Å². The fourth-order valence-electron chi connectivity index (χ4n) is 16.3. The molecule has 0 aromatic heterocycles. The number of hydrogen-bond donors (Lipinski definition) is 1. The first-order chi connectivity index (χ1) is 50.1. The molecule has 20 atom stereocenters. The van der Waals surface area contributed by atoms with E-state index in [2.05, 4.69) is 224 Å². The summed E-state index contributed by atoms with van der Waals surface area (Å²) in [6.07, 6.45) is -6.53. The fraction of sp³-hybridized carbons (Fsp3) is 0.512. The molecule has 0 amide bonds. The maximum absolute atomic E-state index is 11.7. The van der Waals surface area contributed by atoms with Crippen molar-refractivity contribution in [1.82, 2.24) is 0 Å². The maximum atomic E-state index is 11.7. The van der Waals surface area contributed by atoms with Gasteiger partial charge >= 0.3 is 0 Å². The van der Waals surface area contributed by atoms with Crippen LogP contribution >= 0.6 is 0 Å². The lowest BCUT2D eigenvalue weighted by atomic mass is 9.84. The van der Waals surface area contributed by atoms with E-state index in [1.165, 1.54) is 15.9 Å². The summed E-state index contributed by atoms with van der Waals surface area (Å²) in [6, 6.07) is 72.1. The van der Waals surface area contributed by atoms with E-state index in [1.807, 2.05) is 88.4 Å². The molecule has 4 heterocycles. The number of aliphatic hydroxyl groups is 1. The molecule has 1 N–H and O–H groups in total. The van der Waals surface area contributed by atoms with Gasteiger partial charge in [-0.3, -0.25) is 0 Å². The predicted molar refractivity (Wildman–Crippen MR) is 413 cm³/mol. The zero-order chi connectivity index (χ0) is 73.6. The summed E-state index contributed by atoms with van der Waals surface area (Å²) in [4.78, 5) is 3.50. The summed E-state index contributed by atoms with van der Waals surface area (Å²) in [5.41, 5.74) is 14.0. The number of aliphatic hydroxyl groups excluding tert-OH is 1. The van der Waals surface area contributed by atoms with Crippen molar-refractivity contribution >= 4 is 37.4 Å². The molecule has 7 aromatic carbocycles. The quantitative estimate of drug-likeness (QED) is 0.0148. The van der Waals surface area contributed by atoms with Gasteiger partial charge in [0.1, 0.15) is 24.4 Å². The number of aryl methyl sites for hydroxylation is 1. The van der Waals surface area contributed by atoms with Crippen LogP contribution in [0.4, 0.5) is 0 Å². The highest BCUT2D eigenvalue weighted by Gasteiger charge is 2.57. The van der Waals surface area contributed by atoms with Crippen LogP contribution in [0.25, 0.3) is 10.4 Å². The molecule has 11 rings (SSSR count). The number of nitrogens with zero attached hydrogens (tertiary/aromatic N) is 3. The average molecular weight is 1450 g/mol. The third-order valence-corrected chi connectivity index (χ3v) is 32.3. The maximum Gasteiger partial charge on any atom is 0.261 e. The van der Waals surface area contributed by atoms with Crippen LogP contribution < -0.4 is 20.7 Å². The molecule has 0 bridgehead atoms. The van der Waals surface area contributed by atoms with E-state index < -0.39 is 132 Å².